The van der Waals surface area contributed by atoms with Crippen molar-refractivity contribution in [3.63, 3.8) is 0 Å². The Bertz CT molecular complexity index is 537. The molecule has 20 heavy (non-hydrogen) atoms. The van der Waals surface area contributed by atoms with Crippen molar-refractivity contribution in [2.45, 2.75) is 19.9 Å². The van der Waals surface area contributed by atoms with Gasteiger partial charge < -0.3 is 15.4 Å². The second-order valence-corrected chi connectivity index (χ2v) is 4.86. The van der Waals surface area contributed by atoms with E-state index in [0.29, 0.717) is 0 Å². The highest BCUT2D eigenvalue weighted by Gasteiger charge is 2.07. The lowest BCUT2D eigenvalue weighted by molar-refractivity contribution is 0.414. The maximum atomic E-state index is 5.76. The van der Waals surface area contributed by atoms with Crippen molar-refractivity contribution in [1.82, 2.24) is 0 Å². The molecule has 2 aromatic rings. The van der Waals surface area contributed by atoms with Crippen molar-refractivity contribution in [3.8, 4) is 5.75 Å². The molecule has 0 aliphatic carbocycles. The third-order valence-corrected chi connectivity index (χ3v) is 3.26. The van der Waals surface area contributed by atoms with E-state index >= 15 is 0 Å². The van der Waals surface area contributed by atoms with Gasteiger partial charge in [0, 0.05) is 24.5 Å². The van der Waals surface area contributed by atoms with Crippen LogP contribution in [-0.2, 0) is 6.54 Å². The molecule has 0 aliphatic heterocycles. The van der Waals surface area contributed by atoms with Gasteiger partial charge in [0.15, 0.2) is 0 Å². The summed E-state index contributed by atoms with van der Waals surface area (Å²) in [6, 6.07) is 16.3. The Hall–Kier alpha value is -2.16. The van der Waals surface area contributed by atoms with Crippen molar-refractivity contribution in [2.75, 3.05) is 24.3 Å². The van der Waals surface area contributed by atoms with E-state index in [1.54, 1.807) is 7.11 Å². The van der Waals surface area contributed by atoms with Crippen LogP contribution in [0, 0.1) is 0 Å². The number of methoxy groups -OCH3 is 1. The van der Waals surface area contributed by atoms with Crippen LogP contribution in [0.2, 0.25) is 0 Å². The van der Waals surface area contributed by atoms with Crippen LogP contribution in [0.15, 0.2) is 48.5 Å². The number of nitrogens with zero attached hydrogens (tertiary/aromatic N) is 1. The molecule has 0 amide bonds. The molecule has 3 nitrogen and oxygen atoms in total. The van der Waals surface area contributed by atoms with E-state index in [0.717, 1.165) is 30.9 Å². The number of hydrogen-bond donors (Lipinski definition) is 1. The van der Waals surface area contributed by atoms with Crippen LogP contribution in [0.4, 0.5) is 11.4 Å². The summed E-state index contributed by atoms with van der Waals surface area (Å²) < 4.78 is 5.28. The molecule has 2 aromatic carbocycles. The third-order valence-electron chi connectivity index (χ3n) is 3.26. The smallest absolute Gasteiger partial charge is 0.119 e. The summed E-state index contributed by atoms with van der Waals surface area (Å²) in [7, 11) is 1.70. The molecular formula is C17H22N2O. The Balaban J connectivity index is 2.18. The second kappa shape index (κ2) is 6.85. The largest absolute Gasteiger partial charge is 0.497 e. The van der Waals surface area contributed by atoms with Crippen molar-refractivity contribution in [2.24, 2.45) is 0 Å². The number of anilines is 2. The lowest BCUT2D eigenvalue weighted by atomic mass is 10.1. The average Bonchev–Trinajstić information content (AvgIpc) is 2.48. The van der Waals surface area contributed by atoms with E-state index in [9.17, 15) is 0 Å². The quantitative estimate of drug-likeness (QED) is 0.813. The van der Waals surface area contributed by atoms with E-state index in [2.05, 4.69) is 36.1 Å². The van der Waals surface area contributed by atoms with Crippen LogP contribution in [-0.4, -0.2) is 13.7 Å². The molecule has 0 spiro atoms. The second-order valence-electron chi connectivity index (χ2n) is 4.86. The Kier molecular flexibility index (Phi) is 4.88. The van der Waals surface area contributed by atoms with Crippen molar-refractivity contribution >= 4 is 11.4 Å². The summed E-state index contributed by atoms with van der Waals surface area (Å²) in [5.74, 6) is 0.899. The van der Waals surface area contributed by atoms with Crippen molar-refractivity contribution < 1.29 is 4.74 Å². The van der Waals surface area contributed by atoms with E-state index < -0.39 is 0 Å². The number of ether oxygens (including phenoxy) is 1. The SMILES string of the molecule is CCCN(Cc1cccc(OC)c1)c1ccc(N)cc1. The zero-order valence-corrected chi connectivity index (χ0v) is 12.2. The highest BCUT2D eigenvalue weighted by molar-refractivity contribution is 5.53. The van der Waals surface area contributed by atoms with Gasteiger partial charge in [-0.3, -0.25) is 0 Å². The maximum Gasteiger partial charge on any atom is 0.119 e. The first-order chi connectivity index (χ1) is 9.72. The van der Waals surface area contributed by atoms with Crippen molar-refractivity contribution in [1.29, 1.82) is 0 Å². The van der Waals surface area contributed by atoms with E-state index in [4.69, 9.17) is 10.5 Å². The standard InChI is InChI=1S/C17H22N2O/c1-3-11-19(16-9-7-15(18)8-10-16)13-14-5-4-6-17(12-14)20-2/h4-10,12H,3,11,13,18H2,1-2H3. The fraction of sp³-hybridized carbons (Fsp3) is 0.294. The first kappa shape index (κ1) is 14.3. The number of benzene rings is 2. The van der Waals surface area contributed by atoms with Crippen LogP contribution >= 0.6 is 0 Å². The summed E-state index contributed by atoms with van der Waals surface area (Å²) in [4.78, 5) is 2.36. The van der Waals surface area contributed by atoms with Gasteiger partial charge in [-0.15, -0.1) is 0 Å². The topological polar surface area (TPSA) is 38.5 Å². The normalized spacial score (nSPS) is 10.3. The predicted molar refractivity (Wildman–Crippen MR) is 85.2 cm³/mol. The molecule has 0 heterocycles. The van der Waals surface area contributed by atoms with Crippen LogP contribution in [0.3, 0.4) is 0 Å². The number of nitrogen functional groups attached to an aromatic ring is 1. The fourth-order valence-electron chi connectivity index (χ4n) is 2.25. The minimum atomic E-state index is 0.798. The lowest BCUT2D eigenvalue weighted by Gasteiger charge is -2.24. The maximum absolute atomic E-state index is 5.76. The molecule has 0 fully saturated rings. The molecule has 2 N–H and O–H groups in total. The first-order valence-electron chi connectivity index (χ1n) is 6.96. The zero-order valence-electron chi connectivity index (χ0n) is 12.2. The number of hydrogen-bond acceptors (Lipinski definition) is 3. The summed E-state index contributed by atoms with van der Waals surface area (Å²) in [5, 5.41) is 0. The zero-order chi connectivity index (χ0) is 14.4. The minimum absolute atomic E-state index is 0.798. The average molecular weight is 270 g/mol. The Morgan fingerprint density at radius 2 is 1.85 bits per heavy atom. The third kappa shape index (κ3) is 3.67. The Morgan fingerprint density at radius 3 is 2.50 bits per heavy atom. The molecule has 3 heteroatoms. The molecular weight excluding hydrogens is 248 g/mol. The molecule has 106 valence electrons. The van der Waals surface area contributed by atoms with Gasteiger partial charge in [-0.2, -0.15) is 0 Å². The van der Waals surface area contributed by atoms with Gasteiger partial charge in [-0.1, -0.05) is 19.1 Å². The minimum Gasteiger partial charge on any atom is -0.497 e. The molecule has 0 unspecified atom stereocenters. The van der Waals surface area contributed by atoms with Crippen LogP contribution in [0.5, 0.6) is 5.75 Å². The van der Waals surface area contributed by atoms with E-state index in [1.165, 1.54) is 11.3 Å². The molecule has 0 saturated carbocycles. The van der Waals surface area contributed by atoms with Gasteiger partial charge in [0.25, 0.3) is 0 Å². The highest BCUT2D eigenvalue weighted by Crippen LogP contribution is 2.21. The lowest BCUT2D eigenvalue weighted by Crippen LogP contribution is -2.23. The number of rotatable bonds is 6. The fourth-order valence-corrected chi connectivity index (χ4v) is 2.25. The van der Waals surface area contributed by atoms with Gasteiger partial charge >= 0.3 is 0 Å². The molecule has 2 rings (SSSR count). The van der Waals surface area contributed by atoms with Crippen LogP contribution in [0.1, 0.15) is 18.9 Å². The summed E-state index contributed by atoms with van der Waals surface area (Å²) in [6.45, 7) is 4.08. The molecule has 0 bridgehead atoms. The highest BCUT2D eigenvalue weighted by atomic mass is 16.5. The Labute approximate surface area is 121 Å². The predicted octanol–water partition coefficient (Wildman–Crippen LogP) is 3.69. The molecule has 0 radical (unpaired) electrons. The molecule has 0 saturated heterocycles. The number of nitrogens with two attached hydrogens (primary N) is 1. The van der Waals surface area contributed by atoms with Crippen LogP contribution in [0.25, 0.3) is 0 Å². The van der Waals surface area contributed by atoms with Gasteiger partial charge in [-0.05, 0) is 48.4 Å². The van der Waals surface area contributed by atoms with Crippen LogP contribution < -0.4 is 15.4 Å². The summed E-state index contributed by atoms with van der Waals surface area (Å²) >= 11 is 0. The summed E-state index contributed by atoms with van der Waals surface area (Å²) in [6.07, 6.45) is 1.11. The summed E-state index contributed by atoms with van der Waals surface area (Å²) in [5.41, 5.74) is 9.00. The monoisotopic (exact) mass is 270 g/mol. The van der Waals surface area contributed by atoms with Gasteiger partial charge in [0.1, 0.15) is 5.75 Å². The molecule has 0 aromatic heterocycles. The van der Waals surface area contributed by atoms with E-state index in [1.807, 2.05) is 24.3 Å². The van der Waals surface area contributed by atoms with Gasteiger partial charge in [-0.25, -0.2) is 0 Å². The Morgan fingerprint density at radius 1 is 1.10 bits per heavy atom. The molecule has 0 aliphatic rings. The first-order valence-corrected chi connectivity index (χ1v) is 6.96. The molecule has 0 atom stereocenters. The van der Waals surface area contributed by atoms with Gasteiger partial charge in [0.05, 0.1) is 7.11 Å². The van der Waals surface area contributed by atoms with E-state index in [-0.39, 0.29) is 0 Å². The van der Waals surface area contributed by atoms with Gasteiger partial charge in [0.2, 0.25) is 0 Å². The van der Waals surface area contributed by atoms with Crippen molar-refractivity contribution in [3.05, 3.63) is 54.1 Å².